The molecule has 1 fully saturated rings. The number of halogens is 1. The summed E-state index contributed by atoms with van der Waals surface area (Å²) in [6, 6.07) is 4.04. The summed E-state index contributed by atoms with van der Waals surface area (Å²) in [6.07, 6.45) is 0.194. The van der Waals surface area contributed by atoms with Crippen LogP contribution in [-0.2, 0) is 4.79 Å². The number of carbonyl (C=O) groups excluding carboxylic acids is 2. The summed E-state index contributed by atoms with van der Waals surface area (Å²) < 4.78 is 13.6. The van der Waals surface area contributed by atoms with E-state index in [1.165, 1.54) is 11.0 Å². The molecule has 1 aliphatic rings. The zero-order chi connectivity index (χ0) is 11.7. The summed E-state index contributed by atoms with van der Waals surface area (Å²) in [6.45, 7) is 1.94. The van der Waals surface area contributed by atoms with Gasteiger partial charge in [0, 0.05) is 13.0 Å². The van der Waals surface area contributed by atoms with E-state index < -0.39 is 11.8 Å². The molecule has 2 rings (SSSR count). The molecule has 1 aromatic rings. The molecule has 0 aliphatic carbocycles. The van der Waals surface area contributed by atoms with E-state index in [1.54, 1.807) is 19.1 Å². The topological polar surface area (TPSA) is 49.4 Å². The highest BCUT2D eigenvalue weighted by Crippen LogP contribution is 2.25. The fraction of sp³-hybridized carbons (Fsp3) is 0.273. The van der Waals surface area contributed by atoms with Gasteiger partial charge in [-0.15, -0.1) is 0 Å². The second kappa shape index (κ2) is 3.92. The summed E-state index contributed by atoms with van der Waals surface area (Å²) in [7, 11) is 0. The van der Waals surface area contributed by atoms with E-state index in [0.29, 0.717) is 5.56 Å². The molecule has 5 heteroatoms. The average molecular weight is 222 g/mol. The number of benzene rings is 1. The van der Waals surface area contributed by atoms with Gasteiger partial charge >= 0.3 is 6.03 Å². The lowest BCUT2D eigenvalue weighted by Crippen LogP contribution is -2.50. The SMILES string of the molecule is Cc1cccc(F)c1N1CCC(=O)NC1=O. The predicted octanol–water partition coefficient (Wildman–Crippen LogP) is 1.58. The zero-order valence-corrected chi connectivity index (χ0v) is 8.79. The van der Waals surface area contributed by atoms with Crippen molar-refractivity contribution in [1.82, 2.24) is 5.32 Å². The molecule has 0 unspecified atom stereocenters. The van der Waals surface area contributed by atoms with Gasteiger partial charge in [-0.05, 0) is 18.6 Å². The molecule has 0 atom stereocenters. The van der Waals surface area contributed by atoms with Crippen molar-refractivity contribution in [2.45, 2.75) is 13.3 Å². The Morgan fingerprint density at radius 1 is 1.38 bits per heavy atom. The molecule has 0 radical (unpaired) electrons. The van der Waals surface area contributed by atoms with Crippen LogP contribution in [0, 0.1) is 12.7 Å². The number of hydrogen-bond donors (Lipinski definition) is 1. The number of nitrogens with one attached hydrogen (secondary N) is 1. The standard InChI is InChI=1S/C11H11FN2O2/c1-7-3-2-4-8(12)10(7)14-6-5-9(15)13-11(14)16/h2-4H,5-6H2,1H3,(H,13,15,16). The molecule has 0 spiro atoms. The summed E-state index contributed by atoms with van der Waals surface area (Å²) in [4.78, 5) is 23.8. The normalized spacial score (nSPS) is 16.2. The lowest BCUT2D eigenvalue weighted by Gasteiger charge is -2.28. The Hall–Kier alpha value is -1.91. The molecule has 3 amide bonds. The average Bonchev–Trinajstić information content (AvgIpc) is 2.20. The summed E-state index contributed by atoms with van der Waals surface area (Å²) in [5.41, 5.74) is 0.914. The Morgan fingerprint density at radius 3 is 2.75 bits per heavy atom. The van der Waals surface area contributed by atoms with Crippen LogP contribution >= 0.6 is 0 Å². The molecule has 84 valence electrons. The van der Waals surface area contributed by atoms with Gasteiger partial charge in [-0.3, -0.25) is 15.0 Å². The van der Waals surface area contributed by atoms with Gasteiger partial charge in [-0.2, -0.15) is 0 Å². The molecule has 1 aliphatic heterocycles. The highest BCUT2D eigenvalue weighted by Gasteiger charge is 2.27. The third-order valence-corrected chi connectivity index (χ3v) is 2.51. The predicted molar refractivity (Wildman–Crippen MR) is 56.6 cm³/mol. The largest absolute Gasteiger partial charge is 0.328 e. The van der Waals surface area contributed by atoms with Crippen LogP contribution in [0.1, 0.15) is 12.0 Å². The number of amides is 3. The van der Waals surface area contributed by atoms with Crippen molar-refractivity contribution in [3.8, 4) is 0 Å². The van der Waals surface area contributed by atoms with Crippen molar-refractivity contribution in [2.75, 3.05) is 11.4 Å². The van der Waals surface area contributed by atoms with E-state index in [1.807, 2.05) is 0 Å². The fourth-order valence-electron chi connectivity index (χ4n) is 1.74. The highest BCUT2D eigenvalue weighted by molar-refractivity contribution is 6.05. The van der Waals surface area contributed by atoms with Gasteiger partial charge in [0.1, 0.15) is 5.82 Å². The number of imide groups is 1. The van der Waals surface area contributed by atoms with E-state index in [9.17, 15) is 14.0 Å². The van der Waals surface area contributed by atoms with Gasteiger partial charge in [0.2, 0.25) is 5.91 Å². The van der Waals surface area contributed by atoms with Crippen molar-refractivity contribution >= 4 is 17.6 Å². The molecule has 1 aromatic carbocycles. The Bertz CT molecular complexity index is 439. The van der Waals surface area contributed by atoms with Crippen LogP contribution in [0.2, 0.25) is 0 Å². The fourth-order valence-corrected chi connectivity index (χ4v) is 1.74. The molecule has 0 saturated carbocycles. The van der Waals surface area contributed by atoms with Crippen LogP contribution in [0.3, 0.4) is 0 Å². The number of carbonyl (C=O) groups is 2. The first kappa shape index (κ1) is 10.6. The third kappa shape index (κ3) is 1.76. The maximum absolute atomic E-state index is 13.6. The maximum atomic E-state index is 13.6. The molecule has 1 saturated heterocycles. The Balaban J connectivity index is 2.37. The summed E-state index contributed by atoms with van der Waals surface area (Å²) >= 11 is 0. The smallest absolute Gasteiger partial charge is 0.290 e. The molecule has 0 bridgehead atoms. The Kier molecular flexibility index (Phi) is 2.60. The van der Waals surface area contributed by atoms with E-state index in [4.69, 9.17) is 0 Å². The molecule has 1 N–H and O–H groups in total. The molecule has 1 heterocycles. The number of hydrogen-bond acceptors (Lipinski definition) is 2. The minimum absolute atomic E-state index is 0.194. The minimum Gasteiger partial charge on any atom is -0.290 e. The van der Waals surface area contributed by atoms with Gasteiger partial charge < -0.3 is 0 Å². The third-order valence-electron chi connectivity index (χ3n) is 2.51. The van der Waals surface area contributed by atoms with E-state index in [2.05, 4.69) is 5.32 Å². The van der Waals surface area contributed by atoms with Crippen LogP contribution in [-0.4, -0.2) is 18.5 Å². The quantitative estimate of drug-likeness (QED) is 0.784. The lowest BCUT2D eigenvalue weighted by molar-refractivity contribution is -0.120. The van der Waals surface area contributed by atoms with Gasteiger partial charge in [0.25, 0.3) is 0 Å². The number of rotatable bonds is 1. The van der Waals surface area contributed by atoms with Crippen LogP contribution in [0.4, 0.5) is 14.9 Å². The molecule has 0 aromatic heterocycles. The minimum atomic E-state index is -0.565. The second-order valence-corrected chi connectivity index (χ2v) is 3.66. The summed E-state index contributed by atoms with van der Waals surface area (Å²) in [5, 5.41) is 2.16. The van der Waals surface area contributed by atoms with Crippen LogP contribution in [0.5, 0.6) is 0 Å². The van der Waals surface area contributed by atoms with Gasteiger partial charge in [0.15, 0.2) is 0 Å². The summed E-state index contributed by atoms with van der Waals surface area (Å²) in [5.74, 6) is -0.778. The van der Waals surface area contributed by atoms with E-state index in [-0.39, 0.29) is 24.6 Å². The molecular formula is C11H11FN2O2. The van der Waals surface area contributed by atoms with Crippen LogP contribution in [0.25, 0.3) is 0 Å². The number of urea groups is 1. The number of para-hydroxylation sites is 1. The van der Waals surface area contributed by atoms with Gasteiger partial charge in [-0.1, -0.05) is 12.1 Å². The molecule has 16 heavy (non-hydrogen) atoms. The number of nitrogens with zero attached hydrogens (tertiary/aromatic N) is 1. The maximum Gasteiger partial charge on any atom is 0.328 e. The first-order chi connectivity index (χ1) is 7.59. The van der Waals surface area contributed by atoms with Crippen LogP contribution < -0.4 is 10.2 Å². The van der Waals surface area contributed by atoms with Crippen molar-refractivity contribution in [3.63, 3.8) is 0 Å². The first-order valence-corrected chi connectivity index (χ1v) is 4.96. The number of anilines is 1. The Morgan fingerprint density at radius 2 is 2.12 bits per heavy atom. The highest BCUT2D eigenvalue weighted by atomic mass is 19.1. The van der Waals surface area contributed by atoms with Crippen molar-refractivity contribution < 1.29 is 14.0 Å². The monoisotopic (exact) mass is 222 g/mol. The van der Waals surface area contributed by atoms with E-state index in [0.717, 1.165) is 0 Å². The van der Waals surface area contributed by atoms with Crippen molar-refractivity contribution in [3.05, 3.63) is 29.6 Å². The lowest BCUT2D eigenvalue weighted by atomic mass is 10.1. The molecular weight excluding hydrogens is 211 g/mol. The van der Waals surface area contributed by atoms with Gasteiger partial charge in [-0.25, -0.2) is 9.18 Å². The second-order valence-electron chi connectivity index (χ2n) is 3.66. The molecule has 4 nitrogen and oxygen atoms in total. The number of aryl methyl sites for hydroxylation is 1. The zero-order valence-electron chi connectivity index (χ0n) is 8.79. The first-order valence-electron chi connectivity index (χ1n) is 4.96. The van der Waals surface area contributed by atoms with Gasteiger partial charge in [0.05, 0.1) is 5.69 Å². The van der Waals surface area contributed by atoms with Crippen molar-refractivity contribution in [2.24, 2.45) is 0 Å². The van der Waals surface area contributed by atoms with Crippen LogP contribution in [0.15, 0.2) is 18.2 Å². The van der Waals surface area contributed by atoms with E-state index >= 15 is 0 Å². The Labute approximate surface area is 92.0 Å². The van der Waals surface area contributed by atoms with Crippen molar-refractivity contribution in [1.29, 1.82) is 0 Å².